The zero-order chi connectivity index (χ0) is 7.90. The van der Waals surface area contributed by atoms with Gasteiger partial charge in [0.05, 0.1) is 10.5 Å². The third-order valence-corrected chi connectivity index (χ3v) is 3.49. The number of nitrogens with two attached hydrogens (primary N) is 1. The van der Waals surface area contributed by atoms with E-state index in [9.17, 15) is 0 Å². The maximum absolute atomic E-state index is 6.11. The zero-order valence-corrected chi connectivity index (χ0v) is 7.45. The molecule has 3 heteroatoms. The molecule has 0 aromatic carbocycles. The molecule has 0 atom stereocenters. The second-order valence-corrected chi connectivity index (χ2v) is 4.49. The summed E-state index contributed by atoms with van der Waals surface area (Å²) < 4.78 is 0. The summed E-state index contributed by atoms with van der Waals surface area (Å²) in [5, 5.41) is 1.12. The molecule has 0 bridgehead atoms. The van der Waals surface area contributed by atoms with Gasteiger partial charge in [-0.3, -0.25) is 0 Å². The monoisotopic (exact) mass is 168 g/mol. The fourth-order valence-electron chi connectivity index (χ4n) is 1.40. The summed E-state index contributed by atoms with van der Waals surface area (Å²) in [6.45, 7) is 2.02. The maximum atomic E-state index is 6.11. The molecule has 11 heavy (non-hydrogen) atoms. The van der Waals surface area contributed by atoms with Crippen molar-refractivity contribution in [3.05, 3.63) is 16.1 Å². The minimum atomic E-state index is -0.00801. The van der Waals surface area contributed by atoms with Gasteiger partial charge in [-0.15, -0.1) is 11.3 Å². The van der Waals surface area contributed by atoms with Crippen molar-refractivity contribution in [2.45, 2.75) is 31.7 Å². The Balaban J connectivity index is 2.28. The van der Waals surface area contributed by atoms with E-state index < -0.39 is 0 Å². The first-order valence-corrected chi connectivity index (χ1v) is 4.74. The number of rotatable bonds is 1. The van der Waals surface area contributed by atoms with Crippen molar-refractivity contribution >= 4 is 11.3 Å². The van der Waals surface area contributed by atoms with Gasteiger partial charge in [0, 0.05) is 11.1 Å². The van der Waals surface area contributed by atoms with Crippen LogP contribution in [0.3, 0.4) is 0 Å². The molecule has 0 unspecified atom stereocenters. The lowest BCUT2D eigenvalue weighted by molar-refractivity contribution is 0.259. The molecule has 1 aliphatic carbocycles. The van der Waals surface area contributed by atoms with Crippen LogP contribution in [0.15, 0.2) is 6.20 Å². The van der Waals surface area contributed by atoms with Gasteiger partial charge in [-0.1, -0.05) is 0 Å². The molecular formula is C8H12N2S. The van der Waals surface area contributed by atoms with Crippen molar-refractivity contribution < 1.29 is 0 Å². The van der Waals surface area contributed by atoms with Crippen molar-refractivity contribution in [1.82, 2.24) is 4.98 Å². The molecule has 2 N–H and O–H groups in total. The van der Waals surface area contributed by atoms with E-state index in [0.717, 1.165) is 17.8 Å². The molecule has 0 amide bonds. The second-order valence-electron chi connectivity index (χ2n) is 3.25. The van der Waals surface area contributed by atoms with Gasteiger partial charge >= 0.3 is 0 Å². The van der Waals surface area contributed by atoms with Gasteiger partial charge in [-0.05, 0) is 26.2 Å². The summed E-state index contributed by atoms with van der Waals surface area (Å²) >= 11 is 1.73. The minimum Gasteiger partial charge on any atom is -0.321 e. The van der Waals surface area contributed by atoms with E-state index in [1.165, 1.54) is 11.3 Å². The third-order valence-electron chi connectivity index (χ3n) is 2.36. The molecule has 1 aliphatic rings. The van der Waals surface area contributed by atoms with E-state index in [4.69, 9.17) is 5.73 Å². The number of thiazole rings is 1. The van der Waals surface area contributed by atoms with Crippen LogP contribution >= 0.6 is 11.3 Å². The fourth-order valence-corrected chi connectivity index (χ4v) is 2.33. The average molecular weight is 168 g/mol. The van der Waals surface area contributed by atoms with Crippen molar-refractivity contribution in [1.29, 1.82) is 0 Å². The summed E-state index contributed by atoms with van der Waals surface area (Å²) in [4.78, 5) is 5.47. The molecule has 60 valence electrons. The lowest BCUT2D eigenvalue weighted by atomic mass is 9.77. The predicted octanol–water partition coefficient (Wildman–Crippen LogP) is 1.79. The van der Waals surface area contributed by atoms with E-state index in [1.807, 2.05) is 13.1 Å². The highest BCUT2D eigenvalue weighted by atomic mass is 32.1. The first-order chi connectivity index (χ1) is 5.21. The summed E-state index contributed by atoms with van der Waals surface area (Å²) in [7, 11) is 0. The Morgan fingerprint density at radius 2 is 2.36 bits per heavy atom. The van der Waals surface area contributed by atoms with Gasteiger partial charge in [0.2, 0.25) is 0 Å². The van der Waals surface area contributed by atoms with E-state index in [2.05, 4.69) is 4.98 Å². The normalized spacial score (nSPS) is 21.3. The molecule has 1 aromatic heterocycles. The molecule has 1 saturated carbocycles. The van der Waals surface area contributed by atoms with Crippen LogP contribution in [0, 0.1) is 6.92 Å². The van der Waals surface area contributed by atoms with E-state index in [1.54, 1.807) is 11.3 Å². The van der Waals surface area contributed by atoms with Crippen LogP contribution in [0.25, 0.3) is 0 Å². The summed E-state index contributed by atoms with van der Waals surface area (Å²) in [6.07, 6.45) is 5.47. The Bertz CT molecular complexity index is 263. The number of hydrogen-bond acceptors (Lipinski definition) is 3. The van der Waals surface area contributed by atoms with Gasteiger partial charge in [0.25, 0.3) is 0 Å². The highest BCUT2D eigenvalue weighted by Crippen LogP contribution is 2.40. The molecule has 0 spiro atoms. The average Bonchev–Trinajstić information content (AvgIpc) is 2.31. The third kappa shape index (κ3) is 1.08. The van der Waals surface area contributed by atoms with Gasteiger partial charge < -0.3 is 5.73 Å². The van der Waals surface area contributed by atoms with Crippen molar-refractivity contribution in [3.63, 3.8) is 0 Å². The lowest BCUT2D eigenvalue weighted by Crippen LogP contribution is -2.42. The van der Waals surface area contributed by atoms with Crippen molar-refractivity contribution in [2.75, 3.05) is 0 Å². The number of hydrogen-bond donors (Lipinski definition) is 1. The maximum Gasteiger partial charge on any atom is 0.0897 e. The number of aromatic nitrogens is 1. The molecule has 1 heterocycles. The van der Waals surface area contributed by atoms with Gasteiger partial charge in [-0.2, -0.15) is 0 Å². The van der Waals surface area contributed by atoms with Crippen LogP contribution in [0.1, 0.15) is 29.1 Å². The minimum absolute atomic E-state index is 0.00801. The molecular weight excluding hydrogens is 156 g/mol. The van der Waals surface area contributed by atoms with E-state index in [-0.39, 0.29) is 5.54 Å². The Morgan fingerprint density at radius 1 is 1.64 bits per heavy atom. The van der Waals surface area contributed by atoms with Crippen LogP contribution < -0.4 is 5.73 Å². The van der Waals surface area contributed by atoms with Gasteiger partial charge in [-0.25, -0.2) is 4.98 Å². The summed E-state index contributed by atoms with van der Waals surface area (Å²) in [5.41, 5.74) is 6.10. The van der Waals surface area contributed by atoms with E-state index >= 15 is 0 Å². The molecule has 0 aliphatic heterocycles. The number of aryl methyl sites for hydroxylation is 1. The molecule has 2 nitrogen and oxygen atoms in total. The van der Waals surface area contributed by atoms with Crippen molar-refractivity contribution in [2.24, 2.45) is 5.73 Å². The smallest absolute Gasteiger partial charge is 0.0897 e. The summed E-state index contributed by atoms with van der Waals surface area (Å²) in [5.74, 6) is 0. The molecule has 0 radical (unpaired) electrons. The first kappa shape index (κ1) is 7.25. The topological polar surface area (TPSA) is 38.9 Å². The Labute approximate surface area is 70.5 Å². The van der Waals surface area contributed by atoms with Crippen LogP contribution in [-0.2, 0) is 5.54 Å². The molecule has 1 aromatic rings. The molecule has 1 fully saturated rings. The lowest BCUT2D eigenvalue weighted by Gasteiger charge is -2.36. The largest absolute Gasteiger partial charge is 0.321 e. The van der Waals surface area contributed by atoms with Crippen LogP contribution in [0.2, 0.25) is 0 Å². The zero-order valence-electron chi connectivity index (χ0n) is 6.63. The second kappa shape index (κ2) is 2.29. The predicted molar refractivity (Wildman–Crippen MR) is 46.6 cm³/mol. The molecule has 0 saturated heterocycles. The Kier molecular flexibility index (Phi) is 1.51. The summed E-state index contributed by atoms with van der Waals surface area (Å²) in [6, 6.07) is 0. The van der Waals surface area contributed by atoms with Crippen LogP contribution in [-0.4, -0.2) is 4.98 Å². The van der Waals surface area contributed by atoms with Gasteiger partial charge in [0.15, 0.2) is 0 Å². The fraction of sp³-hybridized carbons (Fsp3) is 0.625. The quantitative estimate of drug-likeness (QED) is 0.694. The van der Waals surface area contributed by atoms with Gasteiger partial charge in [0.1, 0.15) is 0 Å². The highest BCUT2D eigenvalue weighted by Gasteiger charge is 2.35. The highest BCUT2D eigenvalue weighted by molar-refractivity contribution is 7.11. The van der Waals surface area contributed by atoms with Crippen LogP contribution in [0.5, 0.6) is 0 Å². The van der Waals surface area contributed by atoms with E-state index in [0.29, 0.717) is 0 Å². The first-order valence-electron chi connectivity index (χ1n) is 3.92. The SMILES string of the molecule is Cc1ncc(C2(N)CCC2)s1. The number of nitrogens with zero attached hydrogens (tertiary/aromatic N) is 1. The van der Waals surface area contributed by atoms with Crippen molar-refractivity contribution in [3.8, 4) is 0 Å². The Hall–Kier alpha value is -0.410. The standard InChI is InChI=1S/C8H12N2S/c1-6-10-5-7(11-6)8(9)3-2-4-8/h5H,2-4,9H2,1H3. The van der Waals surface area contributed by atoms with Crippen LogP contribution in [0.4, 0.5) is 0 Å². The molecule has 2 rings (SSSR count). The Morgan fingerprint density at radius 3 is 2.73 bits per heavy atom.